The van der Waals surface area contributed by atoms with Gasteiger partial charge >= 0.3 is 0 Å². The number of carbonyl (C=O) groups excluding carboxylic acids is 1. The summed E-state index contributed by atoms with van der Waals surface area (Å²) < 4.78 is 5.27. The molecule has 0 saturated carbocycles. The highest BCUT2D eigenvalue weighted by Crippen LogP contribution is 2.20. The van der Waals surface area contributed by atoms with Gasteiger partial charge < -0.3 is 20.3 Å². The zero-order valence-corrected chi connectivity index (χ0v) is 8.60. The molecule has 0 bridgehead atoms. The Kier molecular flexibility index (Phi) is 3.47. The van der Waals surface area contributed by atoms with Gasteiger partial charge in [0.1, 0.15) is 12.2 Å². The van der Waals surface area contributed by atoms with E-state index in [1.54, 1.807) is 13.8 Å². The van der Waals surface area contributed by atoms with Crippen LogP contribution in [0.5, 0.6) is 0 Å². The van der Waals surface area contributed by atoms with Gasteiger partial charge in [-0.3, -0.25) is 4.79 Å². The summed E-state index contributed by atoms with van der Waals surface area (Å²) >= 11 is 0. The van der Waals surface area contributed by atoms with Crippen LogP contribution in [0.2, 0.25) is 0 Å². The minimum Gasteiger partial charge on any atom is -0.388 e. The van der Waals surface area contributed by atoms with E-state index in [0.717, 1.165) is 0 Å². The van der Waals surface area contributed by atoms with Crippen LogP contribution < -0.4 is 5.32 Å². The normalized spacial score (nSPS) is 43.4. The van der Waals surface area contributed by atoms with Gasteiger partial charge in [-0.1, -0.05) is 0 Å². The van der Waals surface area contributed by atoms with Crippen LogP contribution in [0.3, 0.4) is 0 Å². The average molecular weight is 203 g/mol. The summed E-state index contributed by atoms with van der Waals surface area (Å²) in [6.07, 6.45) is -2.51. The maximum absolute atomic E-state index is 10.8. The molecule has 5 heteroatoms. The van der Waals surface area contributed by atoms with E-state index in [0.29, 0.717) is 0 Å². The quantitative estimate of drug-likeness (QED) is 0.512. The minimum atomic E-state index is -0.870. The maximum atomic E-state index is 10.8. The van der Waals surface area contributed by atoms with Crippen LogP contribution >= 0.6 is 0 Å². The van der Waals surface area contributed by atoms with Crippen molar-refractivity contribution in [2.45, 2.75) is 51.2 Å². The molecule has 0 aliphatic carbocycles. The zero-order valence-electron chi connectivity index (χ0n) is 8.60. The Hall–Kier alpha value is -0.650. The SMILES string of the molecule is CC(=O)NC1[C@H](O)C(C)O[C@H](C)[C@H]1O. The van der Waals surface area contributed by atoms with Crippen molar-refractivity contribution < 1.29 is 19.7 Å². The fourth-order valence-corrected chi connectivity index (χ4v) is 1.69. The molecule has 3 N–H and O–H groups in total. The predicted molar refractivity (Wildman–Crippen MR) is 49.6 cm³/mol. The summed E-state index contributed by atoms with van der Waals surface area (Å²) in [5.41, 5.74) is 0. The molecule has 0 aromatic heterocycles. The lowest BCUT2D eigenvalue weighted by Crippen LogP contribution is -2.62. The molecule has 1 aliphatic heterocycles. The molecule has 1 rings (SSSR count). The predicted octanol–water partition coefficient (Wildman–Crippen LogP) is -0.980. The standard InChI is InChI=1S/C9H17NO4/c1-4-8(12)7(10-6(3)11)9(13)5(2)14-4/h4-5,7-9,12-13H,1-3H3,(H,10,11)/t4-,5?,7?,8-,9-/m1/s1. The summed E-state index contributed by atoms with van der Waals surface area (Å²) in [5.74, 6) is -0.269. The van der Waals surface area contributed by atoms with Crippen molar-refractivity contribution in [2.24, 2.45) is 0 Å². The first-order chi connectivity index (χ1) is 6.43. The third kappa shape index (κ3) is 2.23. The molecule has 1 fully saturated rings. The molecule has 0 radical (unpaired) electrons. The third-order valence-corrected chi connectivity index (χ3v) is 2.50. The van der Waals surface area contributed by atoms with Gasteiger partial charge in [-0.15, -0.1) is 0 Å². The Morgan fingerprint density at radius 1 is 1.21 bits per heavy atom. The molecule has 0 aromatic carbocycles. The molecule has 2 unspecified atom stereocenters. The van der Waals surface area contributed by atoms with Gasteiger partial charge in [0.15, 0.2) is 0 Å². The van der Waals surface area contributed by atoms with Gasteiger partial charge in [-0.2, -0.15) is 0 Å². The second kappa shape index (κ2) is 4.25. The molecule has 0 spiro atoms. The Morgan fingerprint density at radius 3 is 2.00 bits per heavy atom. The fourth-order valence-electron chi connectivity index (χ4n) is 1.69. The minimum absolute atomic E-state index is 0.269. The molecule has 5 atom stereocenters. The number of nitrogens with one attached hydrogen (secondary N) is 1. The van der Waals surface area contributed by atoms with E-state index >= 15 is 0 Å². The number of rotatable bonds is 1. The van der Waals surface area contributed by atoms with Crippen LogP contribution in [-0.2, 0) is 9.53 Å². The Bertz CT molecular complexity index is 207. The third-order valence-electron chi connectivity index (χ3n) is 2.50. The molecule has 82 valence electrons. The van der Waals surface area contributed by atoms with E-state index in [-0.39, 0.29) is 18.1 Å². The summed E-state index contributed by atoms with van der Waals surface area (Å²) in [7, 11) is 0. The van der Waals surface area contributed by atoms with Crippen LogP contribution in [0.1, 0.15) is 20.8 Å². The molecular weight excluding hydrogens is 186 g/mol. The Labute approximate surface area is 83.1 Å². The van der Waals surface area contributed by atoms with E-state index in [1.165, 1.54) is 6.92 Å². The molecular formula is C9H17NO4. The summed E-state index contributed by atoms with van der Waals surface area (Å²) in [5, 5.41) is 21.9. The lowest BCUT2D eigenvalue weighted by Gasteiger charge is -2.40. The van der Waals surface area contributed by atoms with E-state index in [1.807, 2.05) is 0 Å². The molecule has 1 heterocycles. The van der Waals surface area contributed by atoms with Crippen LogP contribution in [-0.4, -0.2) is 46.6 Å². The maximum Gasteiger partial charge on any atom is 0.217 e. The molecule has 14 heavy (non-hydrogen) atoms. The van der Waals surface area contributed by atoms with Crippen molar-refractivity contribution >= 4 is 5.91 Å². The van der Waals surface area contributed by atoms with Gasteiger partial charge in [-0.05, 0) is 13.8 Å². The van der Waals surface area contributed by atoms with Gasteiger partial charge in [0.25, 0.3) is 0 Å². The molecule has 0 aromatic rings. The molecule has 1 aliphatic rings. The number of hydrogen-bond donors (Lipinski definition) is 3. The van der Waals surface area contributed by atoms with Crippen LogP contribution in [0.25, 0.3) is 0 Å². The van der Waals surface area contributed by atoms with Crippen molar-refractivity contribution in [3.8, 4) is 0 Å². The highest BCUT2D eigenvalue weighted by atomic mass is 16.5. The summed E-state index contributed by atoms with van der Waals surface area (Å²) in [4.78, 5) is 10.8. The number of amides is 1. The highest BCUT2D eigenvalue weighted by molar-refractivity contribution is 5.73. The number of carbonyl (C=O) groups is 1. The highest BCUT2D eigenvalue weighted by Gasteiger charge is 2.40. The lowest BCUT2D eigenvalue weighted by atomic mass is 9.94. The van der Waals surface area contributed by atoms with Crippen LogP contribution in [0.15, 0.2) is 0 Å². The number of hydrogen-bond acceptors (Lipinski definition) is 4. The summed E-state index contributed by atoms with van der Waals surface area (Å²) in [6, 6.07) is -0.647. The van der Waals surface area contributed by atoms with E-state index in [2.05, 4.69) is 5.32 Å². The van der Waals surface area contributed by atoms with Crippen molar-refractivity contribution in [1.82, 2.24) is 5.32 Å². The first-order valence-corrected chi connectivity index (χ1v) is 4.72. The van der Waals surface area contributed by atoms with E-state index in [9.17, 15) is 15.0 Å². The monoisotopic (exact) mass is 203 g/mol. The van der Waals surface area contributed by atoms with Gasteiger partial charge in [0.05, 0.1) is 18.2 Å². The Balaban J connectivity index is 2.71. The van der Waals surface area contributed by atoms with Crippen LogP contribution in [0, 0.1) is 0 Å². The molecule has 1 saturated heterocycles. The van der Waals surface area contributed by atoms with Gasteiger partial charge in [0.2, 0.25) is 5.91 Å². The first kappa shape index (κ1) is 11.4. The van der Waals surface area contributed by atoms with Crippen molar-refractivity contribution in [1.29, 1.82) is 0 Å². The second-order valence-electron chi connectivity index (χ2n) is 3.75. The number of ether oxygens (including phenoxy) is 1. The smallest absolute Gasteiger partial charge is 0.217 e. The lowest BCUT2D eigenvalue weighted by molar-refractivity contribution is -0.174. The molecule has 1 amide bonds. The first-order valence-electron chi connectivity index (χ1n) is 4.72. The van der Waals surface area contributed by atoms with Crippen molar-refractivity contribution in [2.75, 3.05) is 0 Å². The summed E-state index contributed by atoms with van der Waals surface area (Å²) in [6.45, 7) is 4.77. The second-order valence-corrected chi connectivity index (χ2v) is 3.75. The van der Waals surface area contributed by atoms with Crippen LogP contribution in [0.4, 0.5) is 0 Å². The zero-order chi connectivity index (χ0) is 10.9. The van der Waals surface area contributed by atoms with Gasteiger partial charge in [0, 0.05) is 6.92 Å². The fraction of sp³-hybridized carbons (Fsp3) is 0.889. The van der Waals surface area contributed by atoms with Gasteiger partial charge in [-0.25, -0.2) is 0 Å². The largest absolute Gasteiger partial charge is 0.388 e. The van der Waals surface area contributed by atoms with Crippen molar-refractivity contribution in [3.05, 3.63) is 0 Å². The topological polar surface area (TPSA) is 78.8 Å². The van der Waals surface area contributed by atoms with E-state index < -0.39 is 18.2 Å². The Morgan fingerprint density at radius 2 is 1.64 bits per heavy atom. The molecule has 5 nitrogen and oxygen atoms in total. The number of aliphatic hydroxyl groups excluding tert-OH is 2. The van der Waals surface area contributed by atoms with Crippen molar-refractivity contribution in [3.63, 3.8) is 0 Å². The van der Waals surface area contributed by atoms with E-state index in [4.69, 9.17) is 4.74 Å². The number of aliphatic hydroxyl groups is 2. The average Bonchev–Trinajstić information content (AvgIpc) is 2.09.